The summed E-state index contributed by atoms with van der Waals surface area (Å²) in [5, 5.41) is 0. The van der Waals surface area contributed by atoms with Gasteiger partial charge in [0.2, 0.25) is 0 Å². The lowest BCUT2D eigenvalue weighted by Gasteiger charge is -2.10. The summed E-state index contributed by atoms with van der Waals surface area (Å²) in [6.07, 6.45) is 0.780. The zero-order valence-corrected chi connectivity index (χ0v) is 11.6. The summed E-state index contributed by atoms with van der Waals surface area (Å²) in [4.78, 5) is 0. The van der Waals surface area contributed by atoms with Crippen LogP contribution in [0.5, 0.6) is 11.5 Å². The van der Waals surface area contributed by atoms with Gasteiger partial charge in [0.1, 0.15) is 11.5 Å². The highest BCUT2D eigenvalue weighted by molar-refractivity contribution is 5.52. The highest BCUT2D eigenvalue weighted by Gasteiger charge is 2.00. The highest BCUT2D eigenvalue weighted by atomic mass is 16.5. The molecule has 2 aromatic rings. The molecule has 0 saturated carbocycles. The van der Waals surface area contributed by atoms with E-state index in [1.807, 2.05) is 49.4 Å². The van der Waals surface area contributed by atoms with Crippen molar-refractivity contribution in [2.75, 3.05) is 24.7 Å². The molecule has 0 saturated heterocycles. The fourth-order valence-corrected chi connectivity index (χ4v) is 1.75. The monoisotopic (exact) mass is 272 g/mol. The van der Waals surface area contributed by atoms with Gasteiger partial charge in [-0.1, -0.05) is 18.2 Å². The molecule has 20 heavy (non-hydrogen) atoms. The number of nitrogens with two attached hydrogens (primary N) is 2. The van der Waals surface area contributed by atoms with Crippen molar-refractivity contribution >= 4 is 11.4 Å². The van der Waals surface area contributed by atoms with E-state index in [4.69, 9.17) is 20.9 Å². The maximum atomic E-state index is 5.83. The largest absolute Gasteiger partial charge is 0.493 e. The van der Waals surface area contributed by atoms with Gasteiger partial charge in [0.05, 0.1) is 18.9 Å². The molecule has 0 amide bonds. The maximum absolute atomic E-state index is 5.83. The first kappa shape index (κ1) is 14.1. The second-order valence-corrected chi connectivity index (χ2v) is 4.61. The van der Waals surface area contributed by atoms with E-state index in [9.17, 15) is 0 Å². The number of hydrogen-bond donors (Lipinski definition) is 2. The molecule has 0 unspecified atom stereocenters. The SMILES string of the molecule is Cc1ccc(OCCCOc2ccccc2N)cc1N. The third-order valence-corrected chi connectivity index (χ3v) is 2.98. The standard InChI is InChI=1S/C16H20N2O2/c1-12-7-8-13(11-15(12)18)19-9-4-10-20-16-6-3-2-5-14(16)17/h2-3,5-8,11H,4,9-10,17-18H2,1H3. The van der Waals surface area contributed by atoms with Crippen LogP contribution in [0.3, 0.4) is 0 Å². The first-order valence-electron chi connectivity index (χ1n) is 6.63. The molecule has 2 aromatic carbocycles. The molecule has 4 heteroatoms. The van der Waals surface area contributed by atoms with Crippen LogP contribution in [0.1, 0.15) is 12.0 Å². The average Bonchev–Trinajstić information content (AvgIpc) is 2.44. The van der Waals surface area contributed by atoms with E-state index in [-0.39, 0.29) is 0 Å². The Balaban J connectivity index is 1.71. The number of aryl methyl sites for hydroxylation is 1. The summed E-state index contributed by atoms with van der Waals surface area (Å²) in [5.74, 6) is 1.50. The van der Waals surface area contributed by atoms with Crippen LogP contribution in [0, 0.1) is 6.92 Å². The molecule has 0 aromatic heterocycles. The van der Waals surface area contributed by atoms with Crippen molar-refractivity contribution in [3.8, 4) is 11.5 Å². The van der Waals surface area contributed by atoms with Crippen LogP contribution in [0.4, 0.5) is 11.4 Å². The minimum Gasteiger partial charge on any atom is -0.493 e. The number of ether oxygens (including phenoxy) is 2. The van der Waals surface area contributed by atoms with Gasteiger partial charge < -0.3 is 20.9 Å². The molecular formula is C16H20N2O2. The van der Waals surface area contributed by atoms with E-state index in [1.165, 1.54) is 0 Å². The summed E-state index contributed by atoms with van der Waals surface area (Å²) in [5.41, 5.74) is 14.1. The third kappa shape index (κ3) is 3.82. The molecular weight excluding hydrogens is 252 g/mol. The van der Waals surface area contributed by atoms with Crippen LogP contribution < -0.4 is 20.9 Å². The van der Waals surface area contributed by atoms with E-state index in [0.717, 1.165) is 23.4 Å². The second-order valence-electron chi connectivity index (χ2n) is 4.61. The number of hydrogen-bond acceptors (Lipinski definition) is 4. The molecule has 0 bridgehead atoms. The Hall–Kier alpha value is -2.36. The van der Waals surface area contributed by atoms with Gasteiger partial charge in [-0.05, 0) is 30.7 Å². The Morgan fingerprint density at radius 3 is 2.40 bits per heavy atom. The van der Waals surface area contributed by atoms with Crippen LogP contribution in [-0.2, 0) is 0 Å². The van der Waals surface area contributed by atoms with E-state index >= 15 is 0 Å². The Labute approximate surface area is 119 Å². The number of rotatable bonds is 6. The van der Waals surface area contributed by atoms with Crippen LogP contribution in [0.2, 0.25) is 0 Å². The molecule has 0 atom stereocenters. The third-order valence-electron chi connectivity index (χ3n) is 2.98. The first-order valence-corrected chi connectivity index (χ1v) is 6.63. The van der Waals surface area contributed by atoms with Gasteiger partial charge in [-0.2, -0.15) is 0 Å². The lowest BCUT2D eigenvalue weighted by Crippen LogP contribution is -2.06. The van der Waals surface area contributed by atoms with Crippen molar-refractivity contribution in [3.05, 3.63) is 48.0 Å². The lowest BCUT2D eigenvalue weighted by molar-refractivity contribution is 0.248. The maximum Gasteiger partial charge on any atom is 0.142 e. The number of nitrogen functional groups attached to an aromatic ring is 2. The van der Waals surface area contributed by atoms with Gasteiger partial charge >= 0.3 is 0 Å². The van der Waals surface area contributed by atoms with Gasteiger partial charge in [-0.15, -0.1) is 0 Å². The van der Waals surface area contributed by atoms with Gasteiger partial charge in [-0.25, -0.2) is 0 Å². The van der Waals surface area contributed by atoms with E-state index in [2.05, 4.69) is 0 Å². The summed E-state index contributed by atoms with van der Waals surface area (Å²) in [6.45, 7) is 3.11. The van der Waals surface area contributed by atoms with E-state index < -0.39 is 0 Å². The summed E-state index contributed by atoms with van der Waals surface area (Å²) < 4.78 is 11.2. The van der Waals surface area contributed by atoms with Crippen molar-refractivity contribution in [2.45, 2.75) is 13.3 Å². The molecule has 0 aliphatic heterocycles. The summed E-state index contributed by atoms with van der Waals surface area (Å²) in [7, 11) is 0. The Morgan fingerprint density at radius 1 is 0.900 bits per heavy atom. The topological polar surface area (TPSA) is 70.5 Å². The van der Waals surface area contributed by atoms with E-state index in [0.29, 0.717) is 24.7 Å². The van der Waals surface area contributed by atoms with Gasteiger partial charge in [0.25, 0.3) is 0 Å². The molecule has 4 nitrogen and oxygen atoms in total. The quantitative estimate of drug-likeness (QED) is 0.626. The molecule has 0 aliphatic rings. The van der Waals surface area contributed by atoms with Gasteiger partial charge in [0.15, 0.2) is 0 Å². The van der Waals surface area contributed by atoms with Crippen molar-refractivity contribution in [3.63, 3.8) is 0 Å². The molecule has 0 radical (unpaired) electrons. The van der Waals surface area contributed by atoms with E-state index in [1.54, 1.807) is 0 Å². The minimum absolute atomic E-state index is 0.565. The normalized spacial score (nSPS) is 10.2. The van der Waals surface area contributed by atoms with Crippen molar-refractivity contribution in [2.24, 2.45) is 0 Å². The average molecular weight is 272 g/mol. The first-order chi connectivity index (χ1) is 9.66. The predicted molar refractivity (Wildman–Crippen MR) is 82.1 cm³/mol. The smallest absolute Gasteiger partial charge is 0.142 e. The van der Waals surface area contributed by atoms with Gasteiger partial charge in [0, 0.05) is 18.2 Å². The molecule has 0 aliphatic carbocycles. The molecule has 4 N–H and O–H groups in total. The van der Waals surface area contributed by atoms with Crippen molar-refractivity contribution in [1.29, 1.82) is 0 Å². The fraction of sp³-hybridized carbons (Fsp3) is 0.250. The van der Waals surface area contributed by atoms with Crippen molar-refractivity contribution in [1.82, 2.24) is 0 Å². The predicted octanol–water partition coefficient (Wildman–Crippen LogP) is 3.01. The van der Waals surface area contributed by atoms with Crippen LogP contribution in [0.25, 0.3) is 0 Å². The zero-order chi connectivity index (χ0) is 14.4. The molecule has 0 heterocycles. The molecule has 106 valence electrons. The van der Waals surface area contributed by atoms with Crippen LogP contribution in [0.15, 0.2) is 42.5 Å². The lowest BCUT2D eigenvalue weighted by atomic mass is 10.2. The Kier molecular flexibility index (Phi) is 4.71. The Morgan fingerprint density at radius 2 is 1.65 bits per heavy atom. The zero-order valence-electron chi connectivity index (χ0n) is 11.6. The highest BCUT2D eigenvalue weighted by Crippen LogP contribution is 2.20. The summed E-state index contributed by atoms with van der Waals surface area (Å²) in [6, 6.07) is 13.2. The molecule has 0 spiro atoms. The minimum atomic E-state index is 0.565. The molecule has 2 rings (SSSR count). The summed E-state index contributed by atoms with van der Waals surface area (Å²) >= 11 is 0. The van der Waals surface area contributed by atoms with Crippen LogP contribution >= 0.6 is 0 Å². The van der Waals surface area contributed by atoms with Crippen molar-refractivity contribution < 1.29 is 9.47 Å². The number of benzene rings is 2. The van der Waals surface area contributed by atoms with Gasteiger partial charge in [-0.3, -0.25) is 0 Å². The number of anilines is 2. The fourth-order valence-electron chi connectivity index (χ4n) is 1.75. The Bertz CT molecular complexity index is 570. The number of para-hydroxylation sites is 2. The molecule has 0 fully saturated rings. The second kappa shape index (κ2) is 6.70. The van der Waals surface area contributed by atoms with Crippen LogP contribution in [-0.4, -0.2) is 13.2 Å².